The zero-order chi connectivity index (χ0) is 13.8. The standard InChI is InChI=1S/C15H14BClO2/c1-15(2)11-4-3-5-13(16(18)19)14(11)10-7-6-9(17)8-12(10)15/h3-8,18-19H,1-2H3. The average molecular weight is 273 g/mol. The van der Waals surface area contributed by atoms with Gasteiger partial charge in [0, 0.05) is 10.4 Å². The van der Waals surface area contributed by atoms with Crippen LogP contribution in [0.15, 0.2) is 36.4 Å². The van der Waals surface area contributed by atoms with Gasteiger partial charge < -0.3 is 10.0 Å². The first kappa shape index (κ1) is 12.7. The van der Waals surface area contributed by atoms with E-state index in [1.165, 1.54) is 0 Å². The largest absolute Gasteiger partial charge is 0.489 e. The fourth-order valence-electron chi connectivity index (χ4n) is 3.00. The van der Waals surface area contributed by atoms with Crippen LogP contribution in [-0.4, -0.2) is 17.2 Å². The van der Waals surface area contributed by atoms with Crippen molar-refractivity contribution in [2.45, 2.75) is 19.3 Å². The van der Waals surface area contributed by atoms with Gasteiger partial charge in [-0.15, -0.1) is 0 Å². The lowest BCUT2D eigenvalue weighted by Gasteiger charge is -2.21. The minimum atomic E-state index is -1.47. The molecule has 4 heteroatoms. The summed E-state index contributed by atoms with van der Waals surface area (Å²) in [6, 6.07) is 11.4. The number of hydrogen-bond acceptors (Lipinski definition) is 2. The van der Waals surface area contributed by atoms with Crippen LogP contribution in [0.1, 0.15) is 25.0 Å². The molecule has 0 atom stereocenters. The van der Waals surface area contributed by atoms with Gasteiger partial charge in [0.15, 0.2) is 0 Å². The second kappa shape index (κ2) is 4.10. The molecule has 96 valence electrons. The van der Waals surface area contributed by atoms with E-state index in [0.29, 0.717) is 10.5 Å². The molecule has 2 aromatic carbocycles. The predicted octanol–water partition coefficient (Wildman–Crippen LogP) is 2.33. The van der Waals surface area contributed by atoms with E-state index in [4.69, 9.17) is 11.6 Å². The molecule has 0 saturated carbocycles. The zero-order valence-electron chi connectivity index (χ0n) is 10.8. The van der Waals surface area contributed by atoms with Crippen LogP contribution in [0.2, 0.25) is 5.02 Å². The molecule has 0 bridgehead atoms. The molecule has 2 N–H and O–H groups in total. The quantitative estimate of drug-likeness (QED) is 0.782. The van der Waals surface area contributed by atoms with Gasteiger partial charge >= 0.3 is 7.12 Å². The Morgan fingerprint density at radius 3 is 2.47 bits per heavy atom. The van der Waals surface area contributed by atoms with E-state index in [0.717, 1.165) is 22.3 Å². The van der Waals surface area contributed by atoms with E-state index in [2.05, 4.69) is 13.8 Å². The molecule has 0 fully saturated rings. The van der Waals surface area contributed by atoms with Crippen LogP contribution >= 0.6 is 11.6 Å². The molecule has 0 unspecified atom stereocenters. The summed E-state index contributed by atoms with van der Waals surface area (Å²) in [6.45, 7) is 4.25. The molecule has 0 radical (unpaired) electrons. The summed E-state index contributed by atoms with van der Waals surface area (Å²) in [6.07, 6.45) is 0. The molecule has 0 saturated heterocycles. The molecule has 2 nitrogen and oxygen atoms in total. The fraction of sp³-hybridized carbons (Fsp3) is 0.200. The van der Waals surface area contributed by atoms with E-state index in [-0.39, 0.29) is 5.41 Å². The second-order valence-electron chi connectivity index (χ2n) is 5.46. The summed E-state index contributed by atoms with van der Waals surface area (Å²) >= 11 is 6.10. The Balaban J connectivity index is 2.39. The maximum absolute atomic E-state index is 9.57. The van der Waals surface area contributed by atoms with Crippen LogP contribution in [0.4, 0.5) is 0 Å². The zero-order valence-corrected chi connectivity index (χ0v) is 11.6. The van der Waals surface area contributed by atoms with Crippen LogP contribution in [0, 0.1) is 0 Å². The highest BCUT2D eigenvalue weighted by molar-refractivity contribution is 6.60. The molecule has 3 rings (SSSR count). The van der Waals surface area contributed by atoms with E-state index < -0.39 is 7.12 Å². The fourth-order valence-corrected chi connectivity index (χ4v) is 3.18. The molecule has 0 spiro atoms. The summed E-state index contributed by atoms with van der Waals surface area (Å²) < 4.78 is 0. The average Bonchev–Trinajstić information content (AvgIpc) is 2.58. The van der Waals surface area contributed by atoms with Crippen molar-refractivity contribution in [3.8, 4) is 11.1 Å². The highest BCUT2D eigenvalue weighted by atomic mass is 35.5. The molecule has 19 heavy (non-hydrogen) atoms. The number of hydrogen-bond donors (Lipinski definition) is 2. The second-order valence-corrected chi connectivity index (χ2v) is 5.89. The molecule has 0 aromatic heterocycles. The van der Waals surface area contributed by atoms with Gasteiger partial charge in [0.05, 0.1) is 0 Å². The van der Waals surface area contributed by atoms with Crippen molar-refractivity contribution in [2.75, 3.05) is 0 Å². The van der Waals surface area contributed by atoms with Crippen LogP contribution < -0.4 is 5.46 Å². The first-order chi connectivity index (χ1) is 8.93. The van der Waals surface area contributed by atoms with Gasteiger partial charge in [0.25, 0.3) is 0 Å². The third kappa shape index (κ3) is 1.73. The van der Waals surface area contributed by atoms with Crippen molar-refractivity contribution in [3.05, 3.63) is 52.5 Å². The van der Waals surface area contributed by atoms with Crippen LogP contribution in [0.25, 0.3) is 11.1 Å². The Kier molecular flexibility index (Phi) is 2.75. The van der Waals surface area contributed by atoms with Gasteiger partial charge in [0.2, 0.25) is 0 Å². The molecule has 2 aromatic rings. The first-order valence-corrected chi connectivity index (χ1v) is 6.60. The number of halogens is 1. The molecular weight excluding hydrogens is 258 g/mol. The summed E-state index contributed by atoms with van der Waals surface area (Å²) in [5.74, 6) is 0. The summed E-state index contributed by atoms with van der Waals surface area (Å²) in [7, 11) is -1.47. The molecular formula is C15H14BClO2. The van der Waals surface area contributed by atoms with Gasteiger partial charge in [0.1, 0.15) is 0 Å². The minimum Gasteiger partial charge on any atom is -0.423 e. The number of benzene rings is 2. The van der Waals surface area contributed by atoms with Crippen LogP contribution in [0.3, 0.4) is 0 Å². The Labute approximate surface area is 117 Å². The van der Waals surface area contributed by atoms with Crippen LogP contribution in [-0.2, 0) is 5.41 Å². The third-order valence-electron chi connectivity index (χ3n) is 3.97. The lowest BCUT2D eigenvalue weighted by atomic mass is 9.74. The normalized spacial score (nSPS) is 15.0. The number of rotatable bonds is 1. The highest BCUT2D eigenvalue weighted by Gasteiger charge is 2.38. The van der Waals surface area contributed by atoms with Gasteiger partial charge in [-0.3, -0.25) is 0 Å². The van der Waals surface area contributed by atoms with E-state index in [9.17, 15) is 10.0 Å². The molecule has 0 aliphatic heterocycles. The van der Waals surface area contributed by atoms with Gasteiger partial charge in [-0.2, -0.15) is 0 Å². The molecule has 1 aliphatic carbocycles. The Morgan fingerprint density at radius 1 is 1.05 bits per heavy atom. The SMILES string of the molecule is CC1(C)c2cc(Cl)ccc2-c2c(B(O)O)cccc21. The Morgan fingerprint density at radius 2 is 1.79 bits per heavy atom. The maximum atomic E-state index is 9.57. The monoisotopic (exact) mass is 272 g/mol. The van der Waals surface area contributed by atoms with Gasteiger partial charge in [-0.25, -0.2) is 0 Å². The van der Waals surface area contributed by atoms with Crippen molar-refractivity contribution in [3.63, 3.8) is 0 Å². The van der Waals surface area contributed by atoms with E-state index in [1.54, 1.807) is 6.07 Å². The lowest BCUT2D eigenvalue weighted by Crippen LogP contribution is -2.32. The van der Waals surface area contributed by atoms with E-state index >= 15 is 0 Å². The summed E-state index contributed by atoms with van der Waals surface area (Å²) in [4.78, 5) is 0. The molecule has 0 heterocycles. The van der Waals surface area contributed by atoms with Crippen molar-refractivity contribution in [1.29, 1.82) is 0 Å². The van der Waals surface area contributed by atoms with Gasteiger partial charge in [-0.1, -0.05) is 49.7 Å². The first-order valence-electron chi connectivity index (χ1n) is 6.23. The van der Waals surface area contributed by atoms with Crippen molar-refractivity contribution >= 4 is 24.2 Å². The highest BCUT2D eigenvalue weighted by Crippen LogP contribution is 2.48. The molecule has 0 amide bonds. The van der Waals surface area contributed by atoms with E-state index in [1.807, 2.05) is 30.3 Å². The Hall–Kier alpha value is -1.29. The summed E-state index contributed by atoms with van der Waals surface area (Å²) in [5, 5.41) is 19.8. The predicted molar refractivity (Wildman–Crippen MR) is 78.8 cm³/mol. The topological polar surface area (TPSA) is 40.5 Å². The smallest absolute Gasteiger partial charge is 0.423 e. The Bertz CT molecular complexity index is 665. The third-order valence-corrected chi connectivity index (χ3v) is 4.21. The van der Waals surface area contributed by atoms with Crippen molar-refractivity contribution in [2.24, 2.45) is 0 Å². The maximum Gasteiger partial charge on any atom is 0.489 e. The van der Waals surface area contributed by atoms with Crippen molar-refractivity contribution in [1.82, 2.24) is 0 Å². The minimum absolute atomic E-state index is 0.180. The van der Waals surface area contributed by atoms with Gasteiger partial charge in [-0.05, 0) is 39.8 Å². The lowest BCUT2D eigenvalue weighted by molar-refractivity contribution is 0.426. The summed E-state index contributed by atoms with van der Waals surface area (Å²) in [5.41, 5.74) is 4.56. The molecule has 1 aliphatic rings. The van der Waals surface area contributed by atoms with Crippen molar-refractivity contribution < 1.29 is 10.0 Å². The number of fused-ring (bicyclic) bond motifs is 3. The van der Waals surface area contributed by atoms with Crippen LogP contribution in [0.5, 0.6) is 0 Å².